The van der Waals surface area contributed by atoms with Gasteiger partial charge in [-0.1, -0.05) is 200 Å². The zero-order chi connectivity index (χ0) is 35.9. The van der Waals surface area contributed by atoms with E-state index in [1.54, 1.807) is 0 Å². The van der Waals surface area contributed by atoms with Crippen LogP contribution in [0.3, 0.4) is 0 Å². The van der Waals surface area contributed by atoms with Crippen molar-refractivity contribution in [1.82, 2.24) is 5.32 Å². The standard InChI is InChI=1S/C43H85NO5/c1-3-5-7-9-11-13-16-21-25-29-33-37-43(48)49-38-34-30-26-22-18-15-17-20-24-28-32-36-42(47)44-40(39-45)41(46)35-31-27-23-19-14-12-10-8-6-4-2/h40-41,45-46H,3-39H2,1-2H3,(H,44,47). The van der Waals surface area contributed by atoms with E-state index in [-0.39, 0.29) is 18.5 Å². The van der Waals surface area contributed by atoms with Gasteiger partial charge in [-0.3, -0.25) is 9.59 Å². The number of rotatable bonds is 40. The number of unbranched alkanes of at least 4 members (excludes halogenated alkanes) is 29. The summed E-state index contributed by atoms with van der Waals surface area (Å²) >= 11 is 0. The first kappa shape index (κ1) is 47.9. The van der Waals surface area contributed by atoms with E-state index in [0.717, 1.165) is 57.8 Å². The number of ether oxygens (including phenoxy) is 1. The summed E-state index contributed by atoms with van der Waals surface area (Å²) in [7, 11) is 0. The second-order valence-electron chi connectivity index (χ2n) is 15.0. The molecule has 0 aliphatic heterocycles. The molecule has 0 aromatic rings. The largest absolute Gasteiger partial charge is 0.466 e. The molecule has 0 aromatic heterocycles. The molecule has 0 radical (unpaired) electrons. The lowest BCUT2D eigenvalue weighted by Crippen LogP contribution is -2.45. The van der Waals surface area contributed by atoms with Crippen molar-refractivity contribution in [3.05, 3.63) is 0 Å². The quantitative estimate of drug-likeness (QED) is 0.0438. The second kappa shape index (κ2) is 39.6. The number of esters is 1. The van der Waals surface area contributed by atoms with E-state index in [4.69, 9.17) is 4.74 Å². The van der Waals surface area contributed by atoms with Crippen molar-refractivity contribution in [1.29, 1.82) is 0 Å². The summed E-state index contributed by atoms with van der Waals surface area (Å²) in [4.78, 5) is 24.3. The van der Waals surface area contributed by atoms with Crippen LogP contribution in [0.15, 0.2) is 0 Å². The first-order valence-corrected chi connectivity index (χ1v) is 21.8. The molecule has 0 aliphatic carbocycles. The molecule has 6 heteroatoms. The lowest BCUT2D eigenvalue weighted by Gasteiger charge is -2.22. The van der Waals surface area contributed by atoms with Crippen LogP contribution in [-0.2, 0) is 14.3 Å². The third-order valence-electron chi connectivity index (χ3n) is 10.2. The maximum atomic E-state index is 12.4. The highest BCUT2D eigenvalue weighted by Gasteiger charge is 2.20. The predicted molar refractivity (Wildman–Crippen MR) is 209 cm³/mol. The topological polar surface area (TPSA) is 95.9 Å². The highest BCUT2D eigenvalue weighted by atomic mass is 16.5. The average Bonchev–Trinajstić information content (AvgIpc) is 3.10. The normalized spacial score (nSPS) is 12.7. The maximum absolute atomic E-state index is 12.4. The van der Waals surface area contributed by atoms with Crippen molar-refractivity contribution in [2.45, 2.75) is 251 Å². The number of carbonyl (C=O) groups excluding carboxylic acids is 2. The van der Waals surface area contributed by atoms with Gasteiger partial charge >= 0.3 is 5.97 Å². The minimum absolute atomic E-state index is 0.0143. The molecule has 0 spiro atoms. The highest BCUT2D eigenvalue weighted by Crippen LogP contribution is 2.15. The van der Waals surface area contributed by atoms with Crippen LogP contribution in [0.4, 0.5) is 0 Å². The van der Waals surface area contributed by atoms with E-state index < -0.39 is 12.1 Å². The van der Waals surface area contributed by atoms with Gasteiger partial charge in [-0.15, -0.1) is 0 Å². The van der Waals surface area contributed by atoms with Crippen molar-refractivity contribution in [2.75, 3.05) is 13.2 Å². The monoisotopic (exact) mass is 696 g/mol. The van der Waals surface area contributed by atoms with Crippen molar-refractivity contribution >= 4 is 11.9 Å². The Balaban J connectivity index is 3.46. The number of amides is 1. The maximum Gasteiger partial charge on any atom is 0.305 e. The molecule has 2 atom stereocenters. The van der Waals surface area contributed by atoms with Gasteiger partial charge in [0.1, 0.15) is 0 Å². The molecule has 0 saturated carbocycles. The molecule has 0 bridgehead atoms. The van der Waals surface area contributed by atoms with Crippen LogP contribution >= 0.6 is 0 Å². The van der Waals surface area contributed by atoms with Gasteiger partial charge in [-0.05, 0) is 25.7 Å². The predicted octanol–water partition coefficient (Wildman–Crippen LogP) is 12.1. The van der Waals surface area contributed by atoms with Crippen molar-refractivity contribution in [3.63, 3.8) is 0 Å². The second-order valence-corrected chi connectivity index (χ2v) is 15.0. The van der Waals surface area contributed by atoms with Crippen LogP contribution in [0.2, 0.25) is 0 Å². The zero-order valence-electron chi connectivity index (χ0n) is 32.9. The van der Waals surface area contributed by atoms with Crippen LogP contribution in [0.5, 0.6) is 0 Å². The van der Waals surface area contributed by atoms with E-state index in [0.29, 0.717) is 25.9 Å². The molecule has 6 nitrogen and oxygen atoms in total. The number of hydrogen-bond donors (Lipinski definition) is 3. The van der Waals surface area contributed by atoms with Gasteiger partial charge in [0.2, 0.25) is 5.91 Å². The van der Waals surface area contributed by atoms with Crippen LogP contribution in [-0.4, -0.2) is 47.4 Å². The van der Waals surface area contributed by atoms with Crippen molar-refractivity contribution < 1.29 is 24.5 Å². The third kappa shape index (κ3) is 36.5. The Morgan fingerprint density at radius 2 is 0.837 bits per heavy atom. The minimum atomic E-state index is -0.672. The molecule has 0 fully saturated rings. The van der Waals surface area contributed by atoms with Crippen molar-refractivity contribution in [3.8, 4) is 0 Å². The van der Waals surface area contributed by atoms with E-state index in [1.807, 2.05) is 0 Å². The van der Waals surface area contributed by atoms with Crippen LogP contribution in [0.25, 0.3) is 0 Å². The SMILES string of the molecule is CCCCCCCCCCCCCC(=O)OCCCCCCCCCCCCCC(=O)NC(CO)C(O)CCCCCCCCCCCC. The molecule has 2 unspecified atom stereocenters. The summed E-state index contributed by atoms with van der Waals surface area (Å²) < 4.78 is 5.43. The summed E-state index contributed by atoms with van der Waals surface area (Å²) in [6.07, 6.45) is 40.5. The summed E-state index contributed by atoms with van der Waals surface area (Å²) in [6.45, 7) is 4.88. The van der Waals surface area contributed by atoms with Crippen LogP contribution < -0.4 is 5.32 Å². The van der Waals surface area contributed by atoms with Gasteiger partial charge < -0.3 is 20.3 Å². The molecule has 3 N–H and O–H groups in total. The Hall–Kier alpha value is -1.14. The molecule has 0 saturated heterocycles. The molecular weight excluding hydrogens is 610 g/mol. The van der Waals surface area contributed by atoms with Gasteiger partial charge in [-0.2, -0.15) is 0 Å². The summed E-state index contributed by atoms with van der Waals surface area (Å²) in [6, 6.07) is -0.551. The lowest BCUT2D eigenvalue weighted by molar-refractivity contribution is -0.143. The Morgan fingerprint density at radius 1 is 0.490 bits per heavy atom. The Morgan fingerprint density at radius 3 is 1.24 bits per heavy atom. The third-order valence-corrected chi connectivity index (χ3v) is 10.2. The fraction of sp³-hybridized carbons (Fsp3) is 0.953. The minimum Gasteiger partial charge on any atom is -0.466 e. The molecule has 0 aromatic carbocycles. The van der Waals surface area contributed by atoms with Crippen LogP contribution in [0, 0.1) is 0 Å². The number of hydrogen-bond acceptors (Lipinski definition) is 5. The molecule has 0 rings (SSSR count). The lowest BCUT2D eigenvalue weighted by atomic mass is 10.0. The van der Waals surface area contributed by atoms with Gasteiger partial charge in [-0.25, -0.2) is 0 Å². The number of aliphatic hydroxyl groups is 2. The summed E-state index contributed by atoms with van der Waals surface area (Å²) in [5.74, 6) is -0.0696. The molecule has 292 valence electrons. The van der Waals surface area contributed by atoms with E-state index in [9.17, 15) is 19.8 Å². The number of carbonyl (C=O) groups is 2. The molecule has 49 heavy (non-hydrogen) atoms. The van der Waals surface area contributed by atoms with Crippen molar-refractivity contribution in [2.24, 2.45) is 0 Å². The first-order valence-electron chi connectivity index (χ1n) is 21.8. The Labute approximate surface area is 305 Å². The fourth-order valence-electron chi connectivity index (χ4n) is 6.75. The summed E-state index contributed by atoms with van der Waals surface area (Å²) in [5, 5.41) is 23.0. The zero-order valence-corrected chi connectivity index (χ0v) is 32.9. The van der Waals surface area contributed by atoms with E-state index in [2.05, 4.69) is 19.2 Å². The van der Waals surface area contributed by atoms with Gasteiger partial charge in [0, 0.05) is 12.8 Å². The Kier molecular flexibility index (Phi) is 38.7. The molecule has 1 amide bonds. The molecule has 0 heterocycles. The molecule has 0 aliphatic rings. The van der Waals surface area contributed by atoms with E-state index >= 15 is 0 Å². The van der Waals surface area contributed by atoms with E-state index in [1.165, 1.54) is 148 Å². The number of nitrogens with one attached hydrogen (secondary N) is 1. The smallest absolute Gasteiger partial charge is 0.305 e. The van der Waals surface area contributed by atoms with Gasteiger partial charge in [0.15, 0.2) is 0 Å². The number of aliphatic hydroxyl groups excluding tert-OH is 2. The fourth-order valence-corrected chi connectivity index (χ4v) is 6.75. The average molecular weight is 696 g/mol. The van der Waals surface area contributed by atoms with Crippen LogP contribution in [0.1, 0.15) is 239 Å². The first-order chi connectivity index (χ1) is 24.0. The Bertz CT molecular complexity index is 687. The summed E-state index contributed by atoms with van der Waals surface area (Å²) in [5.41, 5.74) is 0. The molecular formula is C43H85NO5. The van der Waals surface area contributed by atoms with Gasteiger partial charge in [0.25, 0.3) is 0 Å². The highest BCUT2D eigenvalue weighted by molar-refractivity contribution is 5.76. The van der Waals surface area contributed by atoms with Gasteiger partial charge in [0.05, 0.1) is 25.4 Å².